The first-order valence-corrected chi connectivity index (χ1v) is 5.21. The standard InChI is InChI=1S/C11H18NO/c1-7(2)9-6-11(10(12)13)4-3-8(9)5-11/h6-9H,3-5H2,1-2H3,(H2,12,13)/t8-,9+,11+/m1/s1. The third-order valence-electron chi connectivity index (χ3n) is 3.90. The van der Waals surface area contributed by atoms with Crippen molar-refractivity contribution in [1.29, 1.82) is 0 Å². The van der Waals surface area contributed by atoms with Crippen LogP contribution in [0.15, 0.2) is 0 Å². The molecule has 1 radical (unpaired) electrons. The molecule has 13 heavy (non-hydrogen) atoms. The maximum absolute atomic E-state index is 11.3. The third-order valence-corrected chi connectivity index (χ3v) is 3.90. The molecular formula is C11H18NO. The molecule has 2 saturated carbocycles. The average Bonchev–Trinajstić information content (AvgIpc) is 2.60. The Morgan fingerprint density at radius 2 is 2.31 bits per heavy atom. The van der Waals surface area contributed by atoms with Gasteiger partial charge in [0.25, 0.3) is 0 Å². The minimum atomic E-state index is -0.223. The van der Waals surface area contributed by atoms with Crippen LogP contribution in [0.3, 0.4) is 0 Å². The Morgan fingerprint density at radius 3 is 2.69 bits per heavy atom. The molecule has 2 fully saturated rings. The van der Waals surface area contributed by atoms with Gasteiger partial charge in [-0.25, -0.2) is 0 Å². The Labute approximate surface area is 79.9 Å². The fourth-order valence-corrected chi connectivity index (χ4v) is 3.14. The van der Waals surface area contributed by atoms with Crippen LogP contribution in [0.2, 0.25) is 0 Å². The SMILES string of the molecule is CC(C)[C@@H]1[CH][C@]2(C(N)=O)CC[C@@H]1C2. The number of hydrogen-bond acceptors (Lipinski definition) is 1. The van der Waals surface area contributed by atoms with E-state index in [4.69, 9.17) is 5.73 Å². The molecule has 0 unspecified atom stereocenters. The Kier molecular flexibility index (Phi) is 1.90. The molecule has 0 saturated heterocycles. The zero-order chi connectivity index (χ0) is 9.64. The molecule has 2 bridgehead atoms. The van der Waals surface area contributed by atoms with Crippen molar-refractivity contribution in [1.82, 2.24) is 0 Å². The first-order valence-electron chi connectivity index (χ1n) is 5.21. The van der Waals surface area contributed by atoms with Crippen LogP contribution >= 0.6 is 0 Å². The van der Waals surface area contributed by atoms with Gasteiger partial charge in [-0.1, -0.05) is 13.8 Å². The number of nitrogens with two attached hydrogens (primary N) is 1. The lowest BCUT2D eigenvalue weighted by atomic mass is 9.75. The van der Waals surface area contributed by atoms with Crippen LogP contribution in [-0.4, -0.2) is 5.91 Å². The summed E-state index contributed by atoms with van der Waals surface area (Å²) in [6.07, 6.45) is 5.46. The van der Waals surface area contributed by atoms with E-state index >= 15 is 0 Å². The Hall–Kier alpha value is -0.530. The minimum Gasteiger partial charge on any atom is -0.369 e. The van der Waals surface area contributed by atoms with E-state index in [0.717, 1.165) is 18.8 Å². The van der Waals surface area contributed by atoms with E-state index in [0.29, 0.717) is 11.8 Å². The van der Waals surface area contributed by atoms with Crippen molar-refractivity contribution in [3.05, 3.63) is 6.42 Å². The summed E-state index contributed by atoms with van der Waals surface area (Å²) in [4.78, 5) is 11.3. The van der Waals surface area contributed by atoms with Crippen LogP contribution in [0.4, 0.5) is 0 Å². The number of primary amides is 1. The smallest absolute Gasteiger partial charge is 0.223 e. The lowest BCUT2D eigenvalue weighted by Gasteiger charge is -2.29. The van der Waals surface area contributed by atoms with Gasteiger partial charge in [0.15, 0.2) is 0 Å². The van der Waals surface area contributed by atoms with E-state index in [1.54, 1.807) is 0 Å². The fraction of sp³-hybridized carbons (Fsp3) is 0.818. The van der Waals surface area contributed by atoms with E-state index in [9.17, 15) is 4.79 Å². The number of rotatable bonds is 2. The topological polar surface area (TPSA) is 43.1 Å². The van der Waals surface area contributed by atoms with Crippen molar-refractivity contribution >= 4 is 5.91 Å². The van der Waals surface area contributed by atoms with Gasteiger partial charge in [0.05, 0.1) is 5.41 Å². The lowest BCUT2D eigenvalue weighted by Crippen LogP contribution is -2.35. The van der Waals surface area contributed by atoms with Crippen molar-refractivity contribution < 1.29 is 4.79 Å². The normalized spacial score (nSPS) is 43.0. The van der Waals surface area contributed by atoms with Crippen LogP contribution in [0.5, 0.6) is 0 Å². The van der Waals surface area contributed by atoms with Crippen molar-refractivity contribution in [2.45, 2.75) is 33.1 Å². The molecule has 2 N–H and O–H groups in total. The van der Waals surface area contributed by atoms with Gasteiger partial charge in [-0.05, 0) is 43.4 Å². The highest BCUT2D eigenvalue weighted by Gasteiger charge is 2.54. The summed E-state index contributed by atoms with van der Waals surface area (Å²) in [5.41, 5.74) is 5.24. The predicted octanol–water partition coefficient (Wildman–Crippen LogP) is 1.75. The molecule has 2 nitrogen and oxygen atoms in total. The molecule has 1 amide bonds. The van der Waals surface area contributed by atoms with Gasteiger partial charge in [-0.15, -0.1) is 0 Å². The van der Waals surface area contributed by atoms with Gasteiger partial charge >= 0.3 is 0 Å². The summed E-state index contributed by atoms with van der Waals surface area (Å²) in [5.74, 6) is 1.92. The number of fused-ring (bicyclic) bond motifs is 2. The second kappa shape index (κ2) is 2.73. The van der Waals surface area contributed by atoms with Gasteiger partial charge < -0.3 is 5.73 Å². The van der Waals surface area contributed by atoms with Crippen LogP contribution in [0.1, 0.15) is 33.1 Å². The van der Waals surface area contributed by atoms with Crippen molar-refractivity contribution in [2.75, 3.05) is 0 Å². The van der Waals surface area contributed by atoms with Crippen LogP contribution < -0.4 is 5.73 Å². The zero-order valence-corrected chi connectivity index (χ0v) is 8.42. The Bertz CT molecular complexity index is 236. The van der Waals surface area contributed by atoms with E-state index in [1.807, 2.05) is 0 Å². The molecule has 0 aromatic carbocycles. The molecule has 0 aromatic heterocycles. The monoisotopic (exact) mass is 180 g/mol. The molecule has 3 atom stereocenters. The molecule has 73 valence electrons. The molecule has 2 aliphatic carbocycles. The molecule has 0 spiro atoms. The number of hydrogen-bond donors (Lipinski definition) is 1. The van der Waals surface area contributed by atoms with Gasteiger partial charge in [0.2, 0.25) is 5.91 Å². The van der Waals surface area contributed by atoms with Crippen molar-refractivity contribution in [3.8, 4) is 0 Å². The first kappa shape index (κ1) is 9.04. The second-order valence-electron chi connectivity index (χ2n) is 5.01. The van der Waals surface area contributed by atoms with E-state index in [-0.39, 0.29) is 11.3 Å². The van der Waals surface area contributed by atoms with E-state index < -0.39 is 0 Å². The molecule has 2 rings (SSSR count). The highest BCUT2D eigenvalue weighted by molar-refractivity contribution is 5.83. The maximum Gasteiger partial charge on any atom is 0.223 e. The summed E-state index contributed by atoms with van der Waals surface area (Å²) >= 11 is 0. The van der Waals surface area contributed by atoms with Gasteiger partial charge in [-0.3, -0.25) is 4.79 Å². The van der Waals surface area contributed by atoms with Gasteiger partial charge in [-0.2, -0.15) is 0 Å². The molecule has 0 aromatic rings. The average molecular weight is 180 g/mol. The van der Waals surface area contributed by atoms with Gasteiger partial charge in [0, 0.05) is 0 Å². The molecule has 0 aliphatic heterocycles. The highest BCUT2D eigenvalue weighted by atomic mass is 16.1. The summed E-state index contributed by atoms with van der Waals surface area (Å²) < 4.78 is 0. The third kappa shape index (κ3) is 1.18. The van der Waals surface area contributed by atoms with Crippen molar-refractivity contribution in [2.24, 2.45) is 28.9 Å². The molecule has 0 heterocycles. The number of carbonyl (C=O) groups excluding carboxylic acids is 1. The highest BCUT2D eigenvalue weighted by Crippen LogP contribution is 2.57. The Morgan fingerprint density at radius 1 is 1.62 bits per heavy atom. The maximum atomic E-state index is 11.3. The molecule has 2 aliphatic rings. The summed E-state index contributed by atoms with van der Waals surface area (Å²) in [6, 6.07) is 0. The van der Waals surface area contributed by atoms with E-state index in [2.05, 4.69) is 20.3 Å². The summed E-state index contributed by atoms with van der Waals surface area (Å²) in [5, 5.41) is 0. The van der Waals surface area contributed by atoms with Gasteiger partial charge in [0.1, 0.15) is 0 Å². The quantitative estimate of drug-likeness (QED) is 0.691. The second-order valence-corrected chi connectivity index (χ2v) is 5.01. The minimum absolute atomic E-state index is 0.0989. The summed E-state index contributed by atoms with van der Waals surface area (Å²) in [7, 11) is 0. The first-order chi connectivity index (χ1) is 6.05. The lowest BCUT2D eigenvalue weighted by molar-refractivity contribution is -0.125. The summed E-state index contributed by atoms with van der Waals surface area (Å²) in [6.45, 7) is 4.47. The zero-order valence-electron chi connectivity index (χ0n) is 8.42. The molecular weight excluding hydrogens is 162 g/mol. The van der Waals surface area contributed by atoms with Crippen LogP contribution in [-0.2, 0) is 4.79 Å². The number of amides is 1. The van der Waals surface area contributed by atoms with Crippen molar-refractivity contribution in [3.63, 3.8) is 0 Å². The fourth-order valence-electron chi connectivity index (χ4n) is 3.14. The van der Waals surface area contributed by atoms with Crippen LogP contribution in [0, 0.1) is 29.6 Å². The van der Waals surface area contributed by atoms with Crippen LogP contribution in [0.25, 0.3) is 0 Å². The largest absolute Gasteiger partial charge is 0.369 e. The predicted molar refractivity (Wildman–Crippen MR) is 51.6 cm³/mol. The number of carbonyl (C=O) groups is 1. The van der Waals surface area contributed by atoms with E-state index in [1.165, 1.54) is 6.42 Å². The Balaban J connectivity index is 2.17. The molecule has 2 heteroatoms.